The number of hydrogen-bond acceptors (Lipinski definition) is 4. The second kappa shape index (κ2) is 9.94. The monoisotopic (exact) mass is 500 g/mol. The van der Waals surface area contributed by atoms with Crippen LogP contribution in [0.3, 0.4) is 0 Å². The van der Waals surface area contributed by atoms with Gasteiger partial charge < -0.3 is 5.32 Å². The van der Waals surface area contributed by atoms with E-state index < -0.39 is 16.1 Å². The average Bonchev–Trinajstić information content (AvgIpc) is 2.85. The lowest BCUT2D eigenvalue weighted by Gasteiger charge is -2.26. The molecule has 32 heavy (non-hydrogen) atoms. The van der Waals surface area contributed by atoms with Crippen LogP contribution in [0.1, 0.15) is 19.3 Å². The summed E-state index contributed by atoms with van der Waals surface area (Å²) in [6.45, 7) is 1.17. The summed E-state index contributed by atoms with van der Waals surface area (Å²) in [6.07, 6.45) is 2.91. The fraction of sp³-hybridized carbons (Fsp3) is 0.208. The molecule has 0 atom stereocenters. The minimum atomic E-state index is -3.46. The number of thiocarbonyl (C=S) groups is 1. The Morgan fingerprint density at radius 1 is 0.781 bits per heavy atom. The number of nitrogens with one attached hydrogen (secondary N) is 1. The third kappa shape index (κ3) is 4.73. The van der Waals surface area contributed by atoms with Crippen LogP contribution in [0.4, 0.5) is 5.69 Å². The van der Waals surface area contributed by atoms with Gasteiger partial charge in [-0.3, -0.25) is 0 Å². The molecule has 1 N–H and O–H groups in total. The first-order valence-electron chi connectivity index (χ1n) is 10.6. The van der Waals surface area contributed by atoms with E-state index in [-0.39, 0.29) is 0 Å². The van der Waals surface area contributed by atoms with Gasteiger partial charge in [0.1, 0.15) is 4.73 Å². The van der Waals surface area contributed by atoms with Crippen molar-refractivity contribution in [3.8, 4) is 0 Å². The highest BCUT2D eigenvalue weighted by Crippen LogP contribution is 2.45. The number of piperidine rings is 1. The van der Waals surface area contributed by atoms with Gasteiger partial charge in [0.05, 0.1) is 10.9 Å². The first-order valence-corrected chi connectivity index (χ1v) is 15.2. The molecule has 1 saturated heterocycles. The largest absolute Gasteiger partial charge is 0.345 e. The second-order valence-electron chi connectivity index (χ2n) is 7.70. The minimum Gasteiger partial charge on any atom is -0.345 e. The zero-order valence-corrected chi connectivity index (χ0v) is 20.9. The van der Waals surface area contributed by atoms with Crippen LogP contribution in [0.25, 0.3) is 0 Å². The Morgan fingerprint density at radius 2 is 1.28 bits per heavy atom. The van der Waals surface area contributed by atoms with Gasteiger partial charge in [0, 0.05) is 18.8 Å². The Balaban J connectivity index is 1.60. The number of hydrogen-bond donors (Lipinski definition) is 1. The Bertz CT molecular complexity index is 1180. The fourth-order valence-corrected chi connectivity index (χ4v) is 9.20. The van der Waals surface area contributed by atoms with Gasteiger partial charge in [-0.1, -0.05) is 91.1 Å². The lowest BCUT2D eigenvalue weighted by molar-refractivity contribution is 0.346. The van der Waals surface area contributed by atoms with Crippen molar-refractivity contribution in [2.75, 3.05) is 18.4 Å². The van der Waals surface area contributed by atoms with Crippen LogP contribution >= 0.6 is 18.3 Å². The van der Waals surface area contributed by atoms with Crippen molar-refractivity contribution in [1.82, 2.24) is 4.31 Å². The summed E-state index contributed by atoms with van der Waals surface area (Å²) in [5.74, 6) is 0. The number of rotatable bonds is 6. The SMILES string of the molecule is O=S(=O)(c1ccc(NC(=S)P(=S)(c2ccccc2)c2ccccc2)cc1)N1CCCCC1. The van der Waals surface area contributed by atoms with Crippen molar-refractivity contribution in [1.29, 1.82) is 0 Å². The molecular weight excluding hydrogens is 475 g/mol. The number of benzene rings is 3. The highest BCUT2D eigenvalue weighted by Gasteiger charge is 2.28. The van der Waals surface area contributed by atoms with Crippen LogP contribution in [-0.2, 0) is 21.8 Å². The van der Waals surface area contributed by atoms with E-state index in [1.807, 2.05) is 60.7 Å². The van der Waals surface area contributed by atoms with Gasteiger partial charge in [0.2, 0.25) is 10.0 Å². The zero-order chi connectivity index (χ0) is 22.6. The average molecular weight is 501 g/mol. The van der Waals surface area contributed by atoms with E-state index in [0.717, 1.165) is 35.6 Å². The second-order valence-corrected chi connectivity index (χ2v) is 14.7. The van der Waals surface area contributed by atoms with E-state index in [1.54, 1.807) is 28.6 Å². The molecule has 4 rings (SSSR count). The van der Waals surface area contributed by atoms with Crippen LogP contribution in [0.15, 0.2) is 89.8 Å². The van der Waals surface area contributed by atoms with Gasteiger partial charge in [-0.2, -0.15) is 4.31 Å². The van der Waals surface area contributed by atoms with Gasteiger partial charge in [-0.05, 0) is 47.7 Å². The Morgan fingerprint density at radius 3 is 1.78 bits per heavy atom. The minimum absolute atomic E-state index is 0.307. The number of sulfonamides is 1. The van der Waals surface area contributed by atoms with E-state index in [2.05, 4.69) is 5.32 Å². The summed E-state index contributed by atoms with van der Waals surface area (Å²) in [5.41, 5.74) is 0.730. The maximum Gasteiger partial charge on any atom is 0.243 e. The van der Waals surface area contributed by atoms with Crippen molar-refractivity contribution in [2.24, 2.45) is 0 Å². The first-order chi connectivity index (χ1) is 15.4. The molecule has 3 aromatic carbocycles. The summed E-state index contributed by atoms with van der Waals surface area (Å²) in [7, 11) is -3.46. The molecule has 1 aliphatic heterocycles. The zero-order valence-electron chi connectivity index (χ0n) is 17.6. The van der Waals surface area contributed by atoms with E-state index in [1.165, 1.54) is 0 Å². The van der Waals surface area contributed by atoms with Crippen LogP contribution in [0, 0.1) is 0 Å². The molecule has 0 unspecified atom stereocenters. The smallest absolute Gasteiger partial charge is 0.243 e. The quantitative estimate of drug-likeness (QED) is 0.393. The molecule has 0 spiro atoms. The van der Waals surface area contributed by atoms with Gasteiger partial charge in [0.15, 0.2) is 0 Å². The lowest BCUT2D eigenvalue weighted by atomic mass is 10.2. The molecule has 1 fully saturated rings. The molecule has 166 valence electrons. The third-order valence-corrected chi connectivity index (χ3v) is 13.3. The van der Waals surface area contributed by atoms with Crippen molar-refractivity contribution >= 4 is 61.1 Å². The molecule has 4 nitrogen and oxygen atoms in total. The van der Waals surface area contributed by atoms with Gasteiger partial charge in [0.25, 0.3) is 0 Å². The van der Waals surface area contributed by atoms with E-state index >= 15 is 0 Å². The molecule has 0 aliphatic carbocycles. The molecular formula is C24H25N2O2PS3. The summed E-state index contributed by atoms with van der Waals surface area (Å²) in [5, 5.41) is 5.34. The molecule has 0 amide bonds. The molecule has 0 saturated carbocycles. The van der Waals surface area contributed by atoms with Gasteiger partial charge >= 0.3 is 0 Å². The third-order valence-electron chi connectivity index (χ3n) is 5.58. The Labute approximate surface area is 200 Å². The maximum absolute atomic E-state index is 12.9. The van der Waals surface area contributed by atoms with Crippen molar-refractivity contribution < 1.29 is 8.42 Å². The van der Waals surface area contributed by atoms with Crippen molar-refractivity contribution in [3.05, 3.63) is 84.9 Å². The standard InChI is InChI=1S/C24H25N2O2PS3/c27-32(28,26-18-8-3-9-19-26)23-16-14-20(15-17-23)25-24(30)29(31,21-10-4-1-5-11-21)22-12-6-2-7-13-22/h1-2,4-7,10-17H,3,8-9,18-19H2,(H,25,30). The van der Waals surface area contributed by atoms with Crippen LogP contribution in [0.2, 0.25) is 0 Å². The molecule has 1 aliphatic rings. The normalized spacial score (nSPS) is 15.2. The van der Waals surface area contributed by atoms with Gasteiger partial charge in [-0.15, -0.1) is 0 Å². The highest BCUT2D eigenvalue weighted by molar-refractivity contribution is 8.34. The topological polar surface area (TPSA) is 49.4 Å². The highest BCUT2D eigenvalue weighted by atomic mass is 32.4. The van der Waals surface area contributed by atoms with Crippen molar-refractivity contribution in [2.45, 2.75) is 24.2 Å². The molecule has 3 aromatic rings. The fourth-order valence-electron chi connectivity index (χ4n) is 3.83. The summed E-state index contributed by atoms with van der Waals surface area (Å²) >= 11 is 12.1. The predicted molar refractivity (Wildman–Crippen MR) is 142 cm³/mol. The van der Waals surface area contributed by atoms with Crippen LogP contribution in [-0.4, -0.2) is 30.5 Å². The summed E-state index contributed by atoms with van der Waals surface area (Å²) < 4.78 is 28.0. The van der Waals surface area contributed by atoms with E-state index in [0.29, 0.717) is 22.7 Å². The number of nitrogens with zero attached hydrogens (tertiary/aromatic N) is 1. The predicted octanol–water partition coefficient (Wildman–Crippen LogP) is 4.69. The van der Waals surface area contributed by atoms with E-state index in [4.69, 9.17) is 24.0 Å². The van der Waals surface area contributed by atoms with Gasteiger partial charge in [-0.25, -0.2) is 8.42 Å². The summed E-state index contributed by atoms with van der Waals surface area (Å²) in [4.78, 5) is 0.307. The maximum atomic E-state index is 12.9. The Kier molecular flexibility index (Phi) is 7.23. The first kappa shape index (κ1) is 23.3. The number of anilines is 1. The Hall–Kier alpha value is -1.89. The summed E-state index contributed by atoms with van der Waals surface area (Å²) in [6, 6.07) is 24.3. The molecule has 8 heteroatoms. The lowest BCUT2D eigenvalue weighted by Crippen LogP contribution is -2.35. The van der Waals surface area contributed by atoms with Crippen LogP contribution in [0.5, 0.6) is 0 Å². The molecule has 1 heterocycles. The van der Waals surface area contributed by atoms with Crippen LogP contribution < -0.4 is 15.9 Å². The molecule has 0 bridgehead atoms. The van der Waals surface area contributed by atoms with Crippen molar-refractivity contribution in [3.63, 3.8) is 0 Å². The van der Waals surface area contributed by atoms with E-state index in [9.17, 15) is 8.42 Å². The molecule has 0 radical (unpaired) electrons. The molecule has 0 aromatic heterocycles.